The summed E-state index contributed by atoms with van der Waals surface area (Å²) in [4.78, 5) is 16.1. The molecule has 1 N–H and O–H groups in total. The minimum Gasteiger partial charge on any atom is -0.377 e. The Balaban J connectivity index is 1.84. The normalized spacial score (nSPS) is 16.0. The zero-order valence-corrected chi connectivity index (χ0v) is 13.4. The summed E-state index contributed by atoms with van der Waals surface area (Å²) in [6.07, 6.45) is 2.91. The number of nitrogens with one attached hydrogen (secondary N) is 1. The number of carbonyl (C=O) groups excluding carboxylic acids is 1. The molecule has 0 saturated carbocycles. The van der Waals surface area contributed by atoms with Gasteiger partial charge in [-0.1, -0.05) is 18.2 Å². The Kier molecular flexibility index (Phi) is 5.62. The quantitative estimate of drug-likeness (QED) is 0.873. The van der Waals surface area contributed by atoms with Crippen LogP contribution in [0.3, 0.4) is 0 Å². The van der Waals surface area contributed by atoms with E-state index in [0.29, 0.717) is 6.42 Å². The zero-order chi connectivity index (χ0) is 15.2. The van der Waals surface area contributed by atoms with Crippen LogP contribution in [0.2, 0.25) is 0 Å². The van der Waals surface area contributed by atoms with Crippen molar-refractivity contribution in [2.45, 2.75) is 32.2 Å². The summed E-state index contributed by atoms with van der Waals surface area (Å²) >= 11 is 0. The molecule has 0 bridgehead atoms. The molecule has 4 heteroatoms. The number of likely N-dealkylation sites (tertiary alicyclic amines) is 1. The third-order valence-electron chi connectivity index (χ3n) is 4.13. The molecule has 1 amide bonds. The summed E-state index contributed by atoms with van der Waals surface area (Å²) in [6.45, 7) is 4.77. The summed E-state index contributed by atoms with van der Waals surface area (Å²) in [5, 5.41) is 3.47. The summed E-state index contributed by atoms with van der Waals surface area (Å²) in [7, 11) is 4.12. The van der Waals surface area contributed by atoms with Crippen molar-refractivity contribution in [3.63, 3.8) is 0 Å². The lowest BCUT2D eigenvalue weighted by atomic mass is 10.1. The molecule has 2 rings (SSSR count). The SMILES string of the molecule is C[C@@H](NCCC(=O)N1CCCC1)c1ccccc1N(C)C. The number of anilines is 1. The van der Waals surface area contributed by atoms with E-state index in [-0.39, 0.29) is 11.9 Å². The first-order chi connectivity index (χ1) is 10.1. The second kappa shape index (κ2) is 7.46. The van der Waals surface area contributed by atoms with Crippen LogP contribution in [0.25, 0.3) is 0 Å². The molecule has 1 aliphatic rings. The number of rotatable bonds is 6. The Hall–Kier alpha value is -1.55. The average molecular weight is 289 g/mol. The Morgan fingerprint density at radius 3 is 2.62 bits per heavy atom. The summed E-state index contributed by atoms with van der Waals surface area (Å²) < 4.78 is 0. The molecule has 1 aromatic rings. The van der Waals surface area contributed by atoms with E-state index in [9.17, 15) is 4.79 Å². The second-order valence-corrected chi connectivity index (χ2v) is 5.97. The van der Waals surface area contributed by atoms with Gasteiger partial charge >= 0.3 is 0 Å². The molecule has 0 aliphatic carbocycles. The van der Waals surface area contributed by atoms with Gasteiger partial charge in [-0.2, -0.15) is 0 Å². The van der Waals surface area contributed by atoms with Crippen molar-refractivity contribution in [2.24, 2.45) is 0 Å². The number of amides is 1. The van der Waals surface area contributed by atoms with Crippen LogP contribution in [-0.2, 0) is 4.79 Å². The molecular formula is C17H27N3O. The van der Waals surface area contributed by atoms with E-state index in [1.165, 1.54) is 11.3 Å². The first kappa shape index (κ1) is 15.8. The molecule has 1 fully saturated rings. The van der Waals surface area contributed by atoms with Crippen LogP contribution in [0, 0.1) is 0 Å². The highest BCUT2D eigenvalue weighted by molar-refractivity contribution is 5.76. The molecule has 21 heavy (non-hydrogen) atoms. The third-order valence-corrected chi connectivity index (χ3v) is 4.13. The van der Waals surface area contributed by atoms with Crippen molar-refractivity contribution in [2.75, 3.05) is 38.6 Å². The van der Waals surface area contributed by atoms with Crippen LogP contribution in [0.1, 0.15) is 37.8 Å². The highest BCUT2D eigenvalue weighted by Gasteiger charge is 2.18. The van der Waals surface area contributed by atoms with Crippen LogP contribution >= 0.6 is 0 Å². The molecule has 1 aromatic carbocycles. The second-order valence-electron chi connectivity index (χ2n) is 5.97. The molecule has 0 radical (unpaired) electrons. The maximum atomic E-state index is 12.0. The molecule has 0 aromatic heterocycles. The van der Waals surface area contributed by atoms with E-state index in [2.05, 4.69) is 55.5 Å². The van der Waals surface area contributed by atoms with Gasteiger partial charge in [-0.25, -0.2) is 0 Å². The number of benzene rings is 1. The maximum absolute atomic E-state index is 12.0. The number of carbonyl (C=O) groups is 1. The van der Waals surface area contributed by atoms with Gasteiger partial charge in [-0.05, 0) is 31.4 Å². The summed E-state index contributed by atoms with van der Waals surface area (Å²) in [5.41, 5.74) is 2.50. The standard InChI is InChI=1S/C17H27N3O/c1-14(15-8-4-5-9-16(15)19(2)3)18-11-10-17(21)20-12-6-7-13-20/h4-5,8-9,14,18H,6-7,10-13H2,1-3H3/t14-/m1/s1. The van der Waals surface area contributed by atoms with E-state index in [0.717, 1.165) is 32.5 Å². The minimum absolute atomic E-state index is 0.245. The monoisotopic (exact) mass is 289 g/mol. The van der Waals surface area contributed by atoms with Crippen LogP contribution in [0.5, 0.6) is 0 Å². The lowest BCUT2D eigenvalue weighted by Gasteiger charge is -2.23. The fourth-order valence-electron chi connectivity index (χ4n) is 2.89. The van der Waals surface area contributed by atoms with Crippen LogP contribution in [0.15, 0.2) is 24.3 Å². The number of nitrogens with zero attached hydrogens (tertiary/aromatic N) is 2. The van der Waals surface area contributed by atoms with Gasteiger partial charge in [0, 0.05) is 51.9 Å². The number of hydrogen-bond donors (Lipinski definition) is 1. The third kappa shape index (κ3) is 4.21. The molecule has 0 spiro atoms. The van der Waals surface area contributed by atoms with Crippen molar-refractivity contribution in [1.29, 1.82) is 0 Å². The van der Waals surface area contributed by atoms with E-state index in [4.69, 9.17) is 0 Å². The Morgan fingerprint density at radius 2 is 1.95 bits per heavy atom. The van der Waals surface area contributed by atoms with Gasteiger partial charge in [0.15, 0.2) is 0 Å². The number of hydrogen-bond acceptors (Lipinski definition) is 3. The Bertz CT molecular complexity index is 467. The molecule has 116 valence electrons. The van der Waals surface area contributed by atoms with E-state index in [1.54, 1.807) is 0 Å². The topological polar surface area (TPSA) is 35.6 Å². The lowest BCUT2D eigenvalue weighted by molar-refractivity contribution is -0.130. The van der Waals surface area contributed by atoms with Gasteiger partial charge in [-0.15, -0.1) is 0 Å². The molecule has 0 unspecified atom stereocenters. The van der Waals surface area contributed by atoms with E-state index < -0.39 is 0 Å². The minimum atomic E-state index is 0.245. The molecule has 1 atom stereocenters. The average Bonchev–Trinajstić information content (AvgIpc) is 3.01. The van der Waals surface area contributed by atoms with Gasteiger partial charge in [0.05, 0.1) is 0 Å². The predicted molar refractivity (Wildman–Crippen MR) is 87.6 cm³/mol. The van der Waals surface area contributed by atoms with Crippen molar-refractivity contribution in [3.8, 4) is 0 Å². The van der Waals surface area contributed by atoms with Crippen LogP contribution in [-0.4, -0.2) is 44.5 Å². The molecule has 1 heterocycles. The summed E-state index contributed by atoms with van der Waals surface area (Å²) in [5.74, 6) is 0.285. The van der Waals surface area contributed by atoms with E-state index >= 15 is 0 Å². The molecule has 1 aliphatic heterocycles. The lowest BCUT2D eigenvalue weighted by Crippen LogP contribution is -2.31. The van der Waals surface area contributed by atoms with E-state index in [1.807, 2.05) is 4.90 Å². The summed E-state index contributed by atoms with van der Waals surface area (Å²) in [6, 6.07) is 8.64. The zero-order valence-electron chi connectivity index (χ0n) is 13.4. The Morgan fingerprint density at radius 1 is 1.29 bits per heavy atom. The molecule has 1 saturated heterocycles. The predicted octanol–water partition coefficient (Wildman–Crippen LogP) is 2.42. The van der Waals surface area contributed by atoms with Gasteiger partial charge in [0.2, 0.25) is 5.91 Å². The van der Waals surface area contributed by atoms with Crippen LogP contribution in [0.4, 0.5) is 5.69 Å². The largest absolute Gasteiger partial charge is 0.377 e. The fourth-order valence-corrected chi connectivity index (χ4v) is 2.89. The number of para-hydroxylation sites is 1. The van der Waals surface area contributed by atoms with Gasteiger partial charge in [0.1, 0.15) is 0 Å². The van der Waals surface area contributed by atoms with Crippen molar-refractivity contribution < 1.29 is 4.79 Å². The van der Waals surface area contributed by atoms with Crippen molar-refractivity contribution in [3.05, 3.63) is 29.8 Å². The maximum Gasteiger partial charge on any atom is 0.223 e. The smallest absolute Gasteiger partial charge is 0.223 e. The first-order valence-corrected chi connectivity index (χ1v) is 7.87. The first-order valence-electron chi connectivity index (χ1n) is 7.87. The Labute approximate surface area is 128 Å². The highest BCUT2D eigenvalue weighted by Crippen LogP contribution is 2.24. The van der Waals surface area contributed by atoms with Crippen molar-refractivity contribution >= 4 is 11.6 Å². The van der Waals surface area contributed by atoms with Gasteiger partial charge < -0.3 is 15.1 Å². The van der Waals surface area contributed by atoms with Gasteiger partial charge in [-0.3, -0.25) is 4.79 Å². The molecule has 4 nitrogen and oxygen atoms in total. The molecular weight excluding hydrogens is 262 g/mol. The highest BCUT2D eigenvalue weighted by atomic mass is 16.2. The van der Waals surface area contributed by atoms with Crippen molar-refractivity contribution in [1.82, 2.24) is 10.2 Å². The van der Waals surface area contributed by atoms with Gasteiger partial charge in [0.25, 0.3) is 0 Å². The fraction of sp³-hybridized carbons (Fsp3) is 0.588. The van der Waals surface area contributed by atoms with Crippen LogP contribution < -0.4 is 10.2 Å².